The van der Waals surface area contributed by atoms with Gasteiger partial charge in [-0.25, -0.2) is 13.4 Å². The van der Waals surface area contributed by atoms with Crippen LogP contribution in [-0.2, 0) is 10.0 Å². The first-order chi connectivity index (χ1) is 16.0. The molecule has 0 aliphatic carbocycles. The summed E-state index contributed by atoms with van der Waals surface area (Å²) < 4.78 is 36.1. The third-order valence-electron chi connectivity index (χ3n) is 5.03. The molecule has 0 fully saturated rings. The summed E-state index contributed by atoms with van der Waals surface area (Å²) in [5.74, 6) is 2.20. The molecule has 2 heterocycles. The van der Waals surface area contributed by atoms with E-state index in [1.165, 1.54) is 0 Å². The lowest BCUT2D eigenvalue weighted by molar-refractivity contribution is 0.459. The van der Waals surface area contributed by atoms with Crippen molar-refractivity contribution < 1.29 is 13.2 Å². The van der Waals surface area contributed by atoms with Crippen LogP contribution in [-0.4, -0.2) is 23.0 Å². The van der Waals surface area contributed by atoms with Gasteiger partial charge in [-0.15, -0.1) is 0 Å². The summed E-state index contributed by atoms with van der Waals surface area (Å²) in [7, 11) is -3.73. The van der Waals surface area contributed by atoms with E-state index in [9.17, 15) is 8.42 Å². The molecule has 0 aliphatic rings. The second kappa shape index (κ2) is 8.40. The molecule has 3 aromatic carbocycles. The summed E-state index contributed by atoms with van der Waals surface area (Å²) >= 11 is 0. The number of rotatable bonds is 6. The zero-order valence-corrected chi connectivity index (χ0v) is 18.5. The normalized spacial score (nSPS) is 11.4. The number of aryl methyl sites for hydroxylation is 1. The fourth-order valence-corrected chi connectivity index (χ4v) is 4.55. The topological polar surface area (TPSA) is 86.1 Å². The summed E-state index contributed by atoms with van der Waals surface area (Å²) in [6.07, 6.45) is 3.78. The molecule has 1 N–H and O–H groups in total. The Morgan fingerprint density at radius 3 is 2.30 bits per heavy atom. The van der Waals surface area contributed by atoms with E-state index in [2.05, 4.69) is 14.7 Å². The van der Waals surface area contributed by atoms with Crippen LogP contribution < -0.4 is 9.46 Å². The average Bonchev–Trinajstić information content (AvgIpc) is 3.35. The summed E-state index contributed by atoms with van der Waals surface area (Å²) in [6, 6.07) is 24.9. The van der Waals surface area contributed by atoms with Gasteiger partial charge >= 0.3 is 0 Å². The SMILES string of the molecule is Cc1nc(Oc2ccc(NS(=O)(=O)c3ccc4ccccc4c3)cc2)cc(-n2cccc2)n1. The predicted molar refractivity (Wildman–Crippen MR) is 127 cm³/mol. The molecule has 8 heteroatoms. The van der Waals surface area contributed by atoms with Gasteiger partial charge in [-0.1, -0.05) is 30.3 Å². The van der Waals surface area contributed by atoms with Gasteiger partial charge in [0.2, 0.25) is 5.88 Å². The van der Waals surface area contributed by atoms with Crippen LogP contribution in [0.15, 0.2) is 102 Å². The molecule has 0 saturated heterocycles. The van der Waals surface area contributed by atoms with E-state index in [1.807, 2.05) is 53.4 Å². The molecule has 5 aromatic rings. The Labute approximate surface area is 191 Å². The van der Waals surface area contributed by atoms with Gasteiger partial charge in [0.1, 0.15) is 17.4 Å². The zero-order chi connectivity index (χ0) is 22.8. The fourth-order valence-electron chi connectivity index (χ4n) is 3.46. The van der Waals surface area contributed by atoms with E-state index in [0.717, 1.165) is 10.8 Å². The van der Waals surface area contributed by atoms with Crippen molar-refractivity contribution in [2.45, 2.75) is 11.8 Å². The van der Waals surface area contributed by atoms with Crippen LogP contribution in [0.4, 0.5) is 5.69 Å². The Bertz CT molecular complexity index is 1530. The van der Waals surface area contributed by atoms with E-state index in [1.54, 1.807) is 55.5 Å². The highest BCUT2D eigenvalue weighted by molar-refractivity contribution is 7.92. The van der Waals surface area contributed by atoms with E-state index < -0.39 is 10.0 Å². The largest absolute Gasteiger partial charge is 0.439 e. The van der Waals surface area contributed by atoms with Gasteiger partial charge in [0.25, 0.3) is 10.0 Å². The van der Waals surface area contributed by atoms with Gasteiger partial charge in [-0.05, 0) is 66.2 Å². The Balaban J connectivity index is 1.33. The van der Waals surface area contributed by atoms with Crippen LogP contribution in [0.25, 0.3) is 16.6 Å². The highest BCUT2D eigenvalue weighted by Crippen LogP contribution is 2.25. The Morgan fingerprint density at radius 2 is 1.55 bits per heavy atom. The lowest BCUT2D eigenvalue weighted by Gasteiger charge is -2.11. The Morgan fingerprint density at radius 1 is 0.818 bits per heavy atom. The maximum Gasteiger partial charge on any atom is 0.261 e. The number of hydrogen-bond acceptors (Lipinski definition) is 5. The van der Waals surface area contributed by atoms with Crippen LogP contribution in [0, 0.1) is 6.92 Å². The molecule has 0 bridgehead atoms. The van der Waals surface area contributed by atoms with Crippen molar-refractivity contribution in [3.05, 3.63) is 103 Å². The highest BCUT2D eigenvalue weighted by atomic mass is 32.2. The minimum atomic E-state index is -3.73. The van der Waals surface area contributed by atoms with Crippen LogP contribution in [0.1, 0.15) is 5.82 Å². The number of anilines is 1. The number of hydrogen-bond donors (Lipinski definition) is 1. The van der Waals surface area contributed by atoms with E-state index in [4.69, 9.17) is 4.74 Å². The molecule has 0 radical (unpaired) electrons. The first-order valence-electron chi connectivity index (χ1n) is 10.2. The van der Waals surface area contributed by atoms with Gasteiger partial charge < -0.3 is 9.30 Å². The standard InChI is InChI=1S/C25H20N4O3S/c1-18-26-24(29-14-4-5-15-29)17-25(27-18)32-22-11-9-21(10-12-22)28-33(30,31)23-13-8-19-6-2-3-7-20(19)16-23/h2-17,28H,1H3. The van der Waals surface area contributed by atoms with Crippen molar-refractivity contribution in [2.24, 2.45) is 0 Å². The molecule has 2 aromatic heterocycles. The number of fused-ring (bicyclic) bond motifs is 1. The summed E-state index contributed by atoms with van der Waals surface area (Å²) in [5, 5.41) is 1.85. The third-order valence-corrected chi connectivity index (χ3v) is 6.41. The first kappa shape index (κ1) is 20.7. The highest BCUT2D eigenvalue weighted by Gasteiger charge is 2.15. The van der Waals surface area contributed by atoms with Gasteiger partial charge in [0.15, 0.2) is 0 Å². The van der Waals surface area contributed by atoms with E-state index in [0.29, 0.717) is 29.0 Å². The maximum absolute atomic E-state index is 12.8. The molecule has 0 unspecified atom stereocenters. The molecule has 0 atom stereocenters. The summed E-state index contributed by atoms with van der Waals surface area (Å²) in [6.45, 7) is 1.80. The molecule has 0 saturated carbocycles. The van der Waals surface area contributed by atoms with E-state index >= 15 is 0 Å². The van der Waals surface area contributed by atoms with Gasteiger partial charge in [-0.3, -0.25) is 4.72 Å². The zero-order valence-electron chi connectivity index (χ0n) is 17.7. The molecule has 33 heavy (non-hydrogen) atoms. The quantitative estimate of drug-likeness (QED) is 0.374. The Kier molecular flexibility index (Phi) is 5.27. The number of ether oxygens (including phenoxy) is 1. The lowest BCUT2D eigenvalue weighted by Crippen LogP contribution is -2.12. The second-order valence-corrected chi connectivity index (χ2v) is 9.13. The summed E-state index contributed by atoms with van der Waals surface area (Å²) in [4.78, 5) is 8.95. The molecular formula is C25H20N4O3S. The number of aromatic nitrogens is 3. The second-order valence-electron chi connectivity index (χ2n) is 7.44. The lowest BCUT2D eigenvalue weighted by atomic mass is 10.1. The fraction of sp³-hybridized carbons (Fsp3) is 0.0400. The third kappa shape index (κ3) is 4.56. The molecule has 0 spiro atoms. The van der Waals surface area contributed by atoms with Crippen molar-refractivity contribution in [2.75, 3.05) is 4.72 Å². The van der Waals surface area contributed by atoms with Crippen LogP contribution in [0.5, 0.6) is 11.6 Å². The maximum atomic E-state index is 12.8. The molecule has 5 rings (SSSR count). The molecule has 7 nitrogen and oxygen atoms in total. The van der Waals surface area contributed by atoms with Gasteiger partial charge in [0.05, 0.1) is 4.90 Å². The Hall–Kier alpha value is -4.17. The van der Waals surface area contributed by atoms with Gasteiger partial charge in [-0.2, -0.15) is 4.98 Å². The molecule has 0 amide bonds. The number of nitrogens with zero attached hydrogens (tertiary/aromatic N) is 3. The number of sulfonamides is 1. The van der Waals surface area contributed by atoms with Crippen molar-refractivity contribution in [3.8, 4) is 17.4 Å². The number of benzene rings is 3. The smallest absolute Gasteiger partial charge is 0.261 e. The van der Waals surface area contributed by atoms with Crippen LogP contribution >= 0.6 is 0 Å². The average molecular weight is 457 g/mol. The van der Waals surface area contributed by atoms with Gasteiger partial charge in [0, 0.05) is 24.1 Å². The van der Waals surface area contributed by atoms with Crippen LogP contribution in [0.3, 0.4) is 0 Å². The molecular weight excluding hydrogens is 436 g/mol. The summed E-state index contributed by atoms with van der Waals surface area (Å²) in [5.41, 5.74) is 0.433. The minimum Gasteiger partial charge on any atom is -0.439 e. The van der Waals surface area contributed by atoms with Crippen molar-refractivity contribution in [1.82, 2.24) is 14.5 Å². The van der Waals surface area contributed by atoms with E-state index in [-0.39, 0.29) is 4.90 Å². The van der Waals surface area contributed by atoms with Crippen molar-refractivity contribution in [3.63, 3.8) is 0 Å². The number of nitrogens with one attached hydrogen (secondary N) is 1. The van der Waals surface area contributed by atoms with Crippen LogP contribution in [0.2, 0.25) is 0 Å². The first-order valence-corrected chi connectivity index (χ1v) is 11.7. The predicted octanol–water partition coefficient (Wildman–Crippen LogP) is 5.32. The van der Waals surface area contributed by atoms with Crippen molar-refractivity contribution in [1.29, 1.82) is 0 Å². The molecule has 0 aliphatic heterocycles. The van der Waals surface area contributed by atoms with Crippen molar-refractivity contribution >= 4 is 26.5 Å². The minimum absolute atomic E-state index is 0.204. The monoisotopic (exact) mass is 456 g/mol. The molecule has 164 valence electrons.